The summed E-state index contributed by atoms with van der Waals surface area (Å²) >= 11 is 4.74. The second-order valence-electron chi connectivity index (χ2n) is 4.61. The zero-order chi connectivity index (χ0) is 15.2. The van der Waals surface area contributed by atoms with E-state index in [2.05, 4.69) is 28.2 Å². The van der Waals surface area contributed by atoms with Gasteiger partial charge in [0.05, 0.1) is 0 Å². The molecule has 21 heavy (non-hydrogen) atoms. The van der Waals surface area contributed by atoms with Gasteiger partial charge in [-0.3, -0.25) is 0 Å². The average Bonchev–Trinajstić information content (AvgIpc) is 2.44. The van der Waals surface area contributed by atoms with E-state index in [4.69, 9.17) is 0 Å². The van der Waals surface area contributed by atoms with Crippen molar-refractivity contribution >= 4 is 27.7 Å². The molecule has 1 N–H and O–H groups in total. The summed E-state index contributed by atoms with van der Waals surface area (Å²) < 4.78 is 27.7. The normalized spacial score (nSPS) is 10.9. The Morgan fingerprint density at radius 1 is 1.10 bits per heavy atom. The van der Waals surface area contributed by atoms with Crippen molar-refractivity contribution in [3.63, 3.8) is 0 Å². The molecule has 0 heterocycles. The van der Waals surface area contributed by atoms with Crippen LogP contribution in [0.4, 0.5) is 8.78 Å². The Morgan fingerprint density at radius 3 is 2.62 bits per heavy atom. The van der Waals surface area contributed by atoms with Crippen molar-refractivity contribution in [2.24, 2.45) is 0 Å². The lowest BCUT2D eigenvalue weighted by molar-refractivity contribution is 0.565. The third-order valence-corrected chi connectivity index (χ3v) is 4.53. The minimum atomic E-state index is -0.559. The van der Waals surface area contributed by atoms with E-state index in [9.17, 15) is 8.78 Å². The largest absolute Gasteiger partial charge is 0.313 e. The molecule has 0 radical (unpaired) electrons. The third-order valence-electron chi connectivity index (χ3n) is 2.89. The Bertz CT molecular complexity index is 619. The topological polar surface area (TPSA) is 12.0 Å². The fraction of sp³-hybridized carbons (Fsp3) is 0.250. The zero-order valence-electron chi connectivity index (χ0n) is 11.6. The van der Waals surface area contributed by atoms with E-state index >= 15 is 0 Å². The highest BCUT2D eigenvalue weighted by Gasteiger charge is 2.10. The van der Waals surface area contributed by atoms with E-state index in [1.165, 1.54) is 23.9 Å². The summed E-state index contributed by atoms with van der Waals surface area (Å²) in [6.45, 7) is 3.77. The number of benzene rings is 2. The summed E-state index contributed by atoms with van der Waals surface area (Å²) in [5.74, 6) is -1.09. The molecule has 0 saturated carbocycles. The molecule has 2 rings (SSSR count). The lowest BCUT2D eigenvalue weighted by atomic mass is 10.2. The highest BCUT2D eigenvalue weighted by molar-refractivity contribution is 9.10. The summed E-state index contributed by atoms with van der Waals surface area (Å²) in [7, 11) is 0. The molecule has 0 atom stereocenters. The Hall–Kier alpha value is -0.910. The molecule has 0 aliphatic rings. The van der Waals surface area contributed by atoms with Gasteiger partial charge in [-0.25, -0.2) is 8.78 Å². The van der Waals surface area contributed by atoms with Crippen LogP contribution in [0.1, 0.15) is 18.9 Å². The van der Waals surface area contributed by atoms with Gasteiger partial charge in [-0.1, -0.05) is 40.7 Å². The van der Waals surface area contributed by atoms with E-state index in [0.717, 1.165) is 40.5 Å². The SMILES string of the molecule is CCCNCc1ccc(Br)cc1Sc1ccc(F)cc1F. The molecule has 1 nitrogen and oxygen atoms in total. The molecule has 0 aliphatic heterocycles. The van der Waals surface area contributed by atoms with Crippen molar-refractivity contribution in [2.45, 2.75) is 29.7 Å². The molecule has 2 aromatic rings. The Labute approximate surface area is 136 Å². The number of nitrogens with one attached hydrogen (secondary N) is 1. The summed E-state index contributed by atoms with van der Waals surface area (Å²) in [6, 6.07) is 9.59. The molecule has 0 saturated heterocycles. The molecule has 0 aromatic heterocycles. The van der Waals surface area contributed by atoms with Crippen molar-refractivity contribution in [1.29, 1.82) is 0 Å². The van der Waals surface area contributed by atoms with Crippen LogP contribution in [0, 0.1) is 11.6 Å². The predicted molar refractivity (Wildman–Crippen MR) is 86.6 cm³/mol. The van der Waals surface area contributed by atoms with Crippen LogP contribution in [-0.2, 0) is 6.54 Å². The van der Waals surface area contributed by atoms with Gasteiger partial charge in [0.15, 0.2) is 0 Å². The first-order chi connectivity index (χ1) is 10.1. The fourth-order valence-corrected chi connectivity index (χ4v) is 3.34. The van der Waals surface area contributed by atoms with Crippen molar-refractivity contribution in [3.8, 4) is 0 Å². The maximum Gasteiger partial charge on any atom is 0.140 e. The molecule has 0 amide bonds. The number of rotatable bonds is 6. The van der Waals surface area contributed by atoms with Gasteiger partial charge in [0.2, 0.25) is 0 Å². The Balaban J connectivity index is 2.22. The number of hydrogen-bond donors (Lipinski definition) is 1. The van der Waals surface area contributed by atoms with E-state index in [0.29, 0.717) is 4.90 Å². The van der Waals surface area contributed by atoms with Gasteiger partial charge in [-0.2, -0.15) is 0 Å². The summed E-state index contributed by atoms with van der Waals surface area (Å²) in [6.07, 6.45) is 1.06. The van der Waals surface area contributed by atoms with Crippen LogP contribution in [0.5, 0.6) is 0 Å². The quantitative estimate of drug-likeness (QED) is 0.684. The minimum absolute atomic E-state index is 0.422. The second kappa shape index (κ2) is 7.92. The van der Waals surface area contributed by atoms with Gasteiger partial charge in [0.1, 0.15) is 11.6 Å². The summed E-state index contributed by atoms with van der Waals surface area (Å²) in [4.78, 5) is 1.38. The maximum atomic E-state index is 13.8. The summed E-state index contributed by atoms with van der Waals surface area (Å²) in [5, 5.41) is 3.34. The molecule has 5 heteroatoms. The molecule has 112 valence electrons. The second-order valence-corrected chi connectivity index (χ2v) is 6.61. The maximum absolute atomic E-state index is 13.8. The molecule has 0 aliphatic carbocycles. The van der Waals surface area contributed by atoms with Crippen LogP contribution in [0.15, 0.2) is 50.7 Å². The lowest BCUT2D eigenvalue weighted by Gasteiger charge is -2.11. The Morgan fingerprint density at radius 2 is 1.90 bits per heavy atom. The summed E-state index contributed by atoms with van der Waals surface area (Å²) in [5.41, 5.74) is 1.10. The molecule has 0 spiro atoms. The predicted octanol–water partition coefficient (Wildman–Crippen LogP) is 5.38. The lowest BCUT2D eigenvalue weighted by Crippen LogP contribution is -2.14. The van der Waals surface area contributed by atoms with Crippen LogP contribution in [0.25, 0.3) is 0 Å². The van der Waals surface area contributed by atoms with Crippen LogP contribution >= 0.6 is 27.7 Å². The molecular formula is C16H16BrF2NS. The van der Waals surface area contributed by atoms with E-state index in [-0.39, 0.29) is 0 Å². The van der Waals surface area contributed by atoms with Crippen LogP contribution < -0.4 is 5.32 Å². The monoisotopic (exact) mass is 371 g/mol. The van der Waals surface area contributed by atoms with Crippen LogP contribution in [-0.4, -0.2) is 6.54 Å². The Kier molecular flexibility index (Phi) is 6.21. The average molecular weight is 372 g/mol. The van der Waals surface area contributed by atoms with Gasteiger partial charge >= 0.3 is 0 Å². The molecular weight excluding hydrogens is 356 g/mol. The first-order valence-electron chi connectivity index (χ1n) is 6.72. The van der Waals surface area contributed by atoms with Gasteiger partial charge < -0.3 is 5.32 Å². The zero-order valence-corrected chi connectivity index (χ0v) is 14.0. The highest BCUT2D eigenvalue weighted by atomic mass is 79.9. The molecule has 0 fully saturated rings. The molecule has 0 unspecified atom stereocenters. The van der Waals surface area contributed by atoms with Crippen LogP contribution in [0.2, 0.25) is 0 Å². The third kappa shape index (κ3) is 4.80. The van der Waals surface area contributed by atoms with Gasteiger partial charge in [0, 0.05) is 26.9 Å². The highest BCUT2D eigenvalue weighted by Crippen LogP contribution is 2.34. The van der Waals surface area contributed by atoms with Crippen molar-refractivity contribution < 1.29 is 8.78 Å². The standard InChI is InChI=1S/C16H16BrF2NS/c1-2-7-20-10-11-3-4-12(17)8-16(11)21-15-6-5-13(18)9-14(15)19/h3-6,8-9,20H,2,7,10H2,1H3. The van der Waals surface area contributed by atoms with Crippen molar-refractivity contribution in [3.05, 3.63) is 58.1 Å². The van der Waals surface area contributed by atoms with Gasteiger partial charge in [-0.15, -0.1) is 0 Å². The molecule has 2 aromatic carbocycles. The number of hydrogen-bond acceptors (Lipinski definition) is 2. The smallest absolute Gasteiger partial charge is 0.140 e. The number of halogens is 3. The van der Waals surface area contributed by atoms with Crippen molar-refractivity contribution in [2.75, 3.05) is 6.54 Å². The van der Waals surface area contributed by atoms with Gasteiger partial charge in [0.25, 0.3) is 0 Å². The van der Waals surface area contributed by atoms with E-state index in [1.807, 2.05) is 18.2 Å². The van der Waals surface area contributed by atoms with Gasteiger partial charge in [-0.05, 0) is 42.8 Å². The van der Waals surface area contributed by atoms with E-state index in [1.54, 1.807) is 0 Å². The van der Waals surface area contributed by atoms with Crippen molar-refractivity contribution in [1.82, 2.24) is 5.32 Å². The first-order valence-corrected chi connectivity index (χ1v) is 8.33. The van der Waals surface area contributed by atoms with Crippen LogP contribution in [0.3, 0.4) is 0 Å². The fourth-order valence-electron chi connectivity index (χ4n) is 1.85. The first kappa shape index (κ1) is 16.5. The van der Waals surface area contributed by atoms with E-state index < -0.39 is 11.6 Å². The minimum Gasteiger partial charge on any atom is -0.313 e. The molecule has 0 bridgehead atoms.